The van der Waals surface area contributed by atoms with Crippen LogP contribution in [-0.4, -0.2) is 17.7 Å². The molecule has 1 aromatic heterocycles. The Morgan fingerprint density at radius 1 is 1.37 bits per heavy atom. The molecule has 0 fully saturated rings. The molecule has 19 heavy (non-hydrogen) atoms. The molecule has 1 N–H and O–H groups in total. The van der Waals surface area contributed by atoms with Crippen LogP contribution in [0.5, 0.6) is 5.75 Å². The fraction of sp³-hybridized carbons (Fsp3) is 0.571. The average molecular weight is 270 g/mol. The van der Waals surface area contributed by atoms with E-state index >= 15 is 0 Å². The summed E-state index contributed by atoms with van der Waals surface area (Å²) in [7, 11) is 0. The second-order valence-corrected chi connectivity index (χ2v) is 3.95. The van der Waals surface area contributed by atoms with Gasteiger partial charge in [-0.05, 0) is 20.3 Å². The van der Waals surface area contributed by atoms with Crippen LogP contribution in [0.15, 0.2) is 21.5 Å². The summed E-state index contributed by atoms with van der Waals surface area (Å²) in [6, 6.07) is 1.17. The van der Waals surface area contributed by atoms with E-state index < -0.39 is 5.43 Å². The molecule has 0 atom stereocenters. The average Bonchev–Trinajstić information content (AvgIpc) is 2.37. The fourth-order valence-electron chi connectivity index (χ4n) is 1.26. The number of esters is 1. The second kappa shape index (κ2) is 10.2. The zero-order valence-corrected chi connectivity index (χ0v) is 11.8. The minimum atomic E-state index is -0.404. The van der Waals surface area contributed by atoms with Crippen molar-refractivity contribution in [2.75, 3.05) is 6.61 Å². The molecule has 5 nitrogen and oxygen atoms in total. The first-order valence-corrected chi connectivity index (χ1v) is 6.45. The summed E-state index contributed by atoms with van der Waals surface area (Å²) in [4.78, 5) is 21.2. The van der Waals surface area contributed by atoms with Gasteiger partial charge in [0, 0.05) is 12.5 Å². The number of aryl methyl sites for hydroxylation is 1. The molecule has 0 aliphatic carbocycles. The van der Waals surface area contributed by atoms with Crippen LogP contribution in [0.3, 0.4) is 0 Å². The van der Waals surface area contributed by atoms with E-state index in [-0.39, 0.29) is 17.5 Å². The maximum atomic E-state index is 10.7. The maximum absolute atomic E-state index is 10.7. The number of carbonyl (C=O) groups excluding carboxylic acids is 1. The smallest absolute Gasteiger partial charge is 0.305 e. The lowest BCUT2D eigenvalue weighted by molar-refractivity contribution is -0.143. The van der Waals surface area contributed by atoms with Crippen molar-refractivity contribution in [2.24, 2.45) is 0 Å². The van der Waals surface area contributed by atoms with E-state index in [0.29, 0.717) is 13.0 Å². The van der Waals surface area contributed by atoms with Gasteiger partial charge in [0.2, 0.25) is 11.2 Å². The molecule has 108 valence electrons. The Balaban J connectivity index is 0.000000342. The van der Waals surface area contributed by atoms with E-state index in [1.807, 2.05) is 6.92 Å². The molecule has 0 unspecified atom stereocenters. The van der Waals surface area contributed by atoms with Crippen LogP contribution in [0.1, 0.15) is 45.3 Å². The van der Waals surface area contributed by atoms with E-state index in [4.69, 9.17) is 9.84 Å². The highest BCUT2D eigenvalue weighted by Crippen LogP contribution is 2.06. The van der Waals surface area contributed by atoms with E-state index in [1.54, 1.807) is 0 Å². The lowest BCUT2D eigenvalue weighted by Gasteiger charge is -1.99. The first kappa shape index (κ1) is 17.2. The van der Waals surface area contributed by atoms with Crippen LogP contribution >= 0.6 is 0 Å². The van der Waals surface area contributed by atoms with E-state index in [1.165, 1.54) is 19.3 Å². The quantitative estimate of drug-likeness (QED) is 0.657. The summed E-state index contributed by atoms with van der Waals surface area (Å²) in [5.74, 6) is -0.115. The van der Waals surface area contributed by atoms with Crippen LogP contribution in [0.25, 0.3) is 0 Å². The van der Waals surface area contributed by atoms with Crippen molar-refractivity contribution >= 4 is 5.97 Å². The lowest BCUT2D eigenvalue weighted by atomic mass is 10.2. The van der Waals surface area contributed by atoms with Gasteiger partial charge in [-0.1, -0.05) is 19.8 Å². The Morgan fingerprint density at radius 2 is 2.05 bits per heavy atom. The summed E-state index contributed by atoms with van der Waals surface area (Å²) in [5.41, 5.74) is -0.404. The van der Waals surface area contributed by atoms with Crippen LogP contribution in [0.4, 0.5) is 0 Å². The molecule has 5 heteroatoms. The molecule has 1 rings (SSSR count). The zero-order valence-electron chi connectivity index (χ0n) is 11.8. The Kier molecular flexibility index (Phi) is 9.22. The highest BCUT2D eigenvalue weighted by Gasteiger charge is 1.99. The zero-order chi connectivity index (χ0) is 14.7. The van der Waals surface area contributed by atoms with Gasteiger partial charge in [-0.25, -0.2) is 0 Å². The highest BCUT2D eigenvalue weighted by molar-refractivity contribution is 5.69. The van der Waals surface area contributed by atoms with Crippen LogP contribution in [0, 0.1) is 6.92 Å². The molecular weight excluding hydrogens is 248 g/mol. The van der Waals surface area contributed by atoms with Crippen molar-refractivity contribution in [2.45, 2.75) is 46.5 Å². The van der Waals surface area contributed by atoms with Crippen molar-refractivity contribution in [1.82, 2.24) is 0 Å². The number of unbranched alkanes of at least 4 members (excludes halogenated alkanes) is 2. The van der Waals surface area contributed by atoms with Crippen LogP contribution in [-0.2, 0) is 9.53 Å². The molecule has 0 aliphatic heterocycles. The fourth-order valence-corrected chi connectivity index (χ4v) is 1.26. The molecule has 0 aliphatic rings. The molecule has 0 spiro atoms. The number of hydrogen-bond donors (Lipinski definition) is 1. The van der Waals surface area contributed by atoms with Gasteiger partial charge in [0.25, 0.3) is 0 Å². The first-order valence-electron chi connectivity index (χ1n) is 6.45. The maximum Gasteiger partial charge on any atom is 0.305 e. The van der Waals surface area contributed by atoms with Crippen LogP contribution in [0.2, 0.25) is 0 Å². The Labute approximate surface area is 113 Å². The largest absolute Gasteiger partial charge is 0.502 e. The van der Waals surface area contributed by atoms with Crippen molar-refractivity contribution in [3.63, 3.8) is 0 Å². The molecular formula is C14H22O5. The van der Waals surface area contributed by atoms with Crippen molar-refractivity contribution in [3.8, 4) is 5.75 Å². The molecule has 1 heterocycles. The van der Waals surface area contributed by atoms with E-state index in [0.717, 1.165) is 19.3 Å². The molecule has 0 radical (unpaired) electrons. The van der Waals surface area contributed by atoms with E-state index in [2.05, 4.69) is 11.3 Å². The van der Waals surface area contributed by atoms with Gasteiger partial charge < -0.3 is 14.3 Å². The van der Waals surface area contributed by atoms with Gasteiger partial charge in [0.15, 0.2) is 0 Å². The number of hydrogen-bond acceptors (Lipinski definition) is 5. The number of rotatable bonds is 5. The Morgan fingerprint density at radius 3 is 2.53 bits per heavy atom. The van der Waals surface area contributed by atoms with Gasteiger partial charge in [0.05, 0.1) is 12.9 Å². The minimum absolute atomic E-state index is 0.0593. The highest BCUT2D eigenvalue weighted by atomic mass is 16.5. The standard InChI is InChI=1S/C8H16O2.C6H6O3/c1-3-5-6-7-8(9)10-4-2;1-4-6(8)5(7)2-3-9-4/h3-7H2,1-2H3;2-3,8H,1H3. The summed E-state index contributed by atoms with van der Waals surface area (Å²) >= 11 is 0. The Hall–Kier alpha value is -1.78. The normalized spacial score (nSPS) is 9.42. The van der Waals surface area contributed by atoms with Gasteiger partial charge in [-0.15, -0.1) is 0 Å². The molecule has 0 bridgehead atoms. The SMILES string of the molecule is CCCCCC(=O)OCC.Cc1occc(=O)c1O. The van der Waals surface area contributed by atoms with Crippen molar-refractivity contribution < 1.29 is 19.1 Å². The predicted molar refractivity (Wildman–Crippen MR) is 72.2 cm³/mol. The molecule has 0 saturated heterocycles. The molecule has 0 amide bonds. The lowest BCUT2D eigenvalue weighted by Crippen LogP contribution is -2.02. The molecule has 0 saturated carbocycles. The summed E-state index contributed by atoms with van der Waals surface area (Å²) in [6.07, 6.45) is 5.08. The van der Waals surface area contributed by atoms with Gasteiger partial charge >= 0.3 is 5.97 Å². The summed E-state index contributed by atoms with van der Waals surface area (Å²) in [6.45, 7) is 5.98. The Bertz CT molecular complexity index is 422. The third kappa shape index (κ3) is 8.02. The van der Waals surface area contributed by atoms with Gasteiger partial charge in [0.1, 0.15) is 5.76 Å². The first-order chi connectivity index (χ1) is 9.02. The molecule has 0 aromatic carbocycles. The van der Waals surface area contributed by atoms with E-state index in [9.17, 15) is 9.59 Å². The predicted octanol–water partition coefficient (Wildman–Crippen LogP) is 2.78. The van der Waals surface area contributed by atoms with Crippen LogP contribution < -0.4 is 5.43 Å². The number of aromatic hydroxyl groups is 1. The van der Waals surface area contributed by atoms with Gasteiger partial charge in [-0.2, -0.15) is 0 Å². The topological polar surface area (TPSA) is 76.7 Å². The number of carbonyl (C=O) groups is 1. The molecule has 1 aromatic rings. The summed E-state index contributed by atoms with van der Waals surface area (Å²) in [5, 5.41) is 8.80. The van der Waals surface area contributed by atoms with Crippen molar-refractivity contribution in [1.29, 1.82) is 0 Å². The van der Waals surface area contributed by atoms with Gasteiger partial charge in [-0.3, -0.25) is 9.59 Å². The second-order valence-electron chi connectivity index (χ2n) is 3.95. The number of ether oxygens (including phenoxy) is 1. The minimum Gasteiger partial charge on any atom is -0.502 e. The summed E-state index contributed by atoms with van der Waals surface area (Å²) < 4.78 is 9.44. The monoisotopic (exact) mass is 270 g/mol. The van der Waals surface area contributed by atoms with Crippen molar-refractivity contribution in [3.05, 3.63) is 28.3 Å². The third-order valence-electron chi connectivity index (χ3n) is 2.32. The third-order valence-corrected chi connectivity index (χ3v) is 2.32.